The van der Waals surface area contributed by atoms with Crippen molar-refractivity contribution in [1.82, 2.24) is 4.90 Å². The van der Waals surface area contributed by atoms with Gasteiger partial charge in [0.15, 0.2) is 6.61 Å². The van der Waals surface area contributed by atoms with Gasteiger partial charge in [-0.2, -0.15) is 0 Å². The molecule has 3 rings (SSSR count). The zero-order chi connectivity index (χ0) is 20.3. The first-order valence-electron chi connectivity index (χ1n) is 7.97. The van der Waals surface area contributed by atoms with Crippen LogP contribution in [-0.4, -0.2) is 33.7 Å². The number of carbonyl (C=O) groups excluding carboxylic acids is 2. The third-order valence-electron chi connectivity index (χ3n) is 3.74. The molecule has 1 aliphatic heterocycles. The molecule has 9 heteroatoms. The van der Waals surface area contributed by atoms with Crippen molar-refractivity contribution in [3.63, 3.8) is 0 Å². The molecule has 2 aromatic carbocycles. The van der Waals surface area contributed by atoms with E-state index in [2.05, 4.69) is 38.5 Å². The molecule has 0 radical (unpaired) electrons. The average molecular weight is 574 g/mol. The van der Waals surface area contributed by atoms with Gasteiger partial charge in [-0.3, -0.25) is 14.5 Å². The summed E-state index contributed by atoms with van der Waals surface area (Å²) in [4.78, 5) is 37.3. The second kappa shape index (κ2) is 9.10. The third-order valence-corrected chi connectivity index (χ3v) is 5.86. The van der Waals surface area contributed by atoms with Gasteiger partial charge < -0.3 is 9.84 Å². The summed E-state index contributed by atoms with van der Waals surface area (Å²) in [5, 5.41) is 8.46. The Bertz CT molecular complexity index is 977. The zero-order valence-corrected chi connectivity index (χ0v) is 18.8. The maximum atomic E-state index is 12.7. The smallest absolute Gasteiger partial charge is 0.341 e. The number of carboxylic acid groups (broad SMARTS) is 1. The van der Waals surface area contributed by atoms with Crippen molar-refractivity contribution in [2.45, 2.75) is 6.54 Å². The molecule has 0 bridgehead atoms. The Morgan fingerprint density at radius 1 is 1.21 bits per heavy atom. The van der Waals surface area contributed by atoms with Crippen molar-refractivity contribution in [3.05, 3.63) is 66.5 Å². The molecule has 0 atom stereocenters. The molecular formula is C19H13BrINO5S. The average Bonchev–Trinajstić information content (AvgIpc) is 2.90. The number of amides is 2. The van der Waals surface area contributed by atoms with Crippen LogP contribution in [0.2, 0.25) is 0 Å². The van der Waals surface area contributed by atoms with Gasteiger partial charge in [-0.1, -0.05) is 28.1 Å². The Morgan fingerprint density at radius 3 is 2.61 bits per heavy atom. The quantitative estimate of drug-likeness (QED) is 0.396. The summed E-state index contributed by atoms with van der Waals surface area (Å²) in [5.74, 6) is -1.18. The molecule has 28 heavy (non-hydrogen) atoms. The summed E-state index contributed by atoms with van der Waals surface area (Å²) in [6, 6.07) is 12.6. The predicted molar refractivity (Wildman–Crippen MR) is 118 cm³/mol. The second-order valence-electron chi connectivity index (χ2n) is 5.76. The Kier molecular flexibility index (Phi) is 6.78. The van der Waals surface area contributed by atoms with Crippen molar-refractivity contribution in [1.29, 1.82) is 0 Å². The van der Waals surface area contributed by atoms with E-state index < -0.39 is 18.5 Å². The molecule has 2 amide bonds. The number of rotatable bonds is 6. The van der Waals surface area contributed by atoms with Gasteiger partial charge in [0.25, 0.3) is 11.1 Å². The molecule has 1 fully saturated rings. The molecule has 144 valence electrons. The fraction of sp³-hybridized carbons (Fsp3) is 0.105. The first-order valence-corrected chi connectivity index (χ1v) is 10.7. The normalized spacial score (nSPS) is 15.4. The van der Waals surface area contributed by atoms with Gasteiger partial charge in [0.1, 0.15) is 5.75 Å². The topological polar surface area (TPSA) is 83.9 Å². The molecule has 2 aromatic rings. The van der Waals surface area contributed by atoms with Gasteiger partial charge in [0, 0.05) is 13.6 Å². The fourth-order valence-corrected chi connectivity index (χ4v) is 4.02. The van der Waals surface area contributed by atoms with Crippen LogP contribution in [0.25, 0.3) is 6.08 Å². The molecule has 6 nitrogen and oxygen atoms in total. The summed E-state index contributed by atoms with van der Waals surface area (Å²) in [5.41, 5.74) is 1.37. The first-order chi connectivity index (χ1) is 13.3. The fourth-order valence-electron chi connectivity index (χ4n) is 2.45. The standard InChI is InChI=1S/C19H13BrINO5S/c20-13-3-6-15(27-10-17(23)24)12(7-13)8-16-18(25)22(19(26)28-16)9-11-1-4-14(21)5-2-11/h1-8H,9-10H2,(H,23,24)/b16-8+. The minimum Gasteiger partial charge on any atom is -0.481 e. The number of aliphatic carboxylic acids is 1. The van der Waals surface area contributed by atoms with Crippen molar-refractivity contribution in [3.8, 4) is 5.75 Å². The SMILES string of the molecule is O=C(O)COc1ccc(Br)cc1/C=C1/SC(=O)N(Cc2ccc(I)cc2)C1=O. The van der Waals surface area contributed by atoms with Gasteiger partial charge in [-0.25, -0.2) is 4.79 Å². The Balaban J connectivity index is 1.84. The molecule has 0 aliphatic carbocycles. The highest BCUT2D eigenvalue weighted by Crippen LogP contribution is 2.35. The number of hydrogen-bond acceptors (Lipinski definition) is 5. The number of nitrogens with zero attached hydrogens (tertiary/aromatic N) is 1. The molecule has 0 spiro atoms. The van der Waals surface area contributed by atoms with E-state index in [0.717, 1.165) is 25.4 Å². The number of carboxylic acids is 1. The Hall–Kier alpha value is -1.85. The minimum atomic E-state index is -1.10. The molecule has 0 saturated carbocycles. The third kappa shape index (κ3) is 5.15. The molecule has 1 heterocycles. The van der Waals surface area contributed by atoms with Gasteiger partial charge in [0.2, 0.25) is 0 Å². The van der Waals surface area contributed by atoms with Gasteiger partial charge in [-0.05, 0) is 76.3 Å². The minimum absolute atomic E-state index is 0.194. The van der Waals surface area contributed by atoms with E-state index in [4.69, 9.17) is 9.84 Å². The molecule has 1 saturated heterocycles. The summed E-state index contributed by atoms with van der Waals surface area (Å²) >= 11 is 6.38. The lowest BCUT2D eigenvalue weighted by atomic mass is 10.1. The van der Waals surface area contributed by atoms with Crippen LogP contribution in [-0.2, 0) is 16.1 Å². The van der Waals surface area contributed by atoms with Crippen molar-refractivity contribution >= 4 is 73.5 Å². The van der Waals surface area contributed by atoms with E-state index in [0.29, 0.717) is 11.3 Å². The van der Waals surface area contributed by atoms with E-state index in [-0.39, 0.29) is 16.7 Å². The van der Waals surface area contributed by atoms with Crippen molar-refractivity contribution < 1.29 is 24.2 Å². The lowest BCUT2D eigenvalue weighted by Crippen LogP contribution is -2.27. The Morgan fingerprint density at radius 2 is 1.93 bits per heavy atom. The predicted octanol–water partition coefficient (Wildman–Crippen LogP) is 4.75. The number of imide groups is 1. The highest BCUT2D eigenvalue weighted by Gasteiger charge is 2.35. The van der Waals surface area contributed by atoms with Crippen LogP contribution in [0.15, 0.2) is 51.8 Å². The van der Waals surface area contributed by atoms with E-state index in [9.17, 15) is 14.4 Å². The molecule has 1 aliphatic rings. The van der Waals surface area contributed by atoms with Crippen molar-refractivity contribution in [2.75, 3.05) is 6.61 Å². The maximum absolute atomic E-state index is 12.7. The first kappa shape index (κ1) is 20.9. The summed E-state index contributed by atoms with van der Waals surface area (Å²) in [6.07, 6.45) is 1.54. The number of benzene rings is 2. The lowest BCUT2D eigenvalue weighted by molar-refractivity contribution is -0.139. The maximum Gasteiger partial charge on any atom is 0.341 e. The highest BCUT2D eigenvalue weighted by molar-refractivity contribution is 14.1. The Labute approximate surface area is 187 Å². The summed E-state index contributed by atoms with van der Waals surface area (Å²) in [7, 11) is 0. The number of ether oxygens (including phenoxy) is 1. The number of halogens is 2. The van der Waals surface area contributed by atoms with Crippen LogP contribution in [0.4, 0.5) is 4.79 Å². The van der Waals surface area contributed by atoms with E-state index in [1.165, 1.54) is 4.90 Å². The molecular weight excluding hydrogens is 561 g/mol. The number of hydrogen-bond donors (Lipinski definition) is 1. The van der Waals surface area contributed by atoms with Crippen LogP contribution in [0.3, 0.4) is 0 Å². The van der Waals surface area contributed by atoms with Gasteiger partial charge in [0.05, 0.1) is 11.4 Å². The van der Waals surface area contributed by atoms with Crippen LogP contribution < -0.4 is 4.74 Å². The van der Waals surface area contributed by atoms with E-state index in [1.54, 1.807) is 24.3 Å². The largest absolute Gasteiger partial charge is 0.481 e. The monoisotopic (exact) mass is 573 g/mol. The van der Waals surface area contributed by atoms with Crippen LogP contribution in [0.1, 0.15) is 11.1 Å². The van der Waals surface area contributed by atoms with Crippen LogP contribution >= 0.6 is 50.3 Å². The van der Waals surface area contributed by atoms with Crippen LogP contribution in [0, 0.1) is 3.57 Å². The molecule has 0 aromatic heterocycles. The van der Waals surface area contributed by atoms with Gasteiger partial charge in [-0.15, -0.1) is 0 Å². The summed E-state index contributed by atoms with van der Waals surface area (Å²) < 4.78 is 7.08. The number of thioether (sulfide) groups is 1. The lowest BCUT2D eigenvalue weighted by Gasteiger charge is -2.12. The summed E-state index contributed by atoms with van der Waals surface area (Å²) in [6.45, 7) is -0.309. The highest BCUT2D eigenvalue weighted by atomic mass is 127. The second-order valence-corrected chi connectivity index (χ2v) is 8.91. The van der Waals surface area contributed by atoms with E-state index in [1.807, 2.05) is 24.3 Å². The number of carbonyl (C=O) groups is 3. The van der Waals surface area contributed by atoms with E-state index >= 15 is 0 Å². The van der Waals surface area contributed by atoms with Gasteiger partial charge >= 0.3 is 5.97 Å². The van der Waals surface area contributed by atoms with Crippen molar-refractivity contribution in [2.24, 2.45) is 0 Å². The molecule has 0 unspecified atom stereocenters. The van der Waals surface area contributed by atoms with Crippen LogP contribution in [0.5, 0.6) is 5.75 Å². The molecule has 1 N–H and O–H groups in total. The zero-order valence-electron chi connectivity index (χ0n) is 14.2.